The molecule has 0 spiro atoms. The van der Waals surface area contributed by atoms with E-state index < -0.39 is 0 Å². The largest absolute Gasteiger partial charge is 0.496 e. The van der Waals surface area contributed by atoms with Gasteiger partial charge in [0.05, 0.1) is 26.3 Å². The van der Waals surface area contributed by atoms with Gasteiger partial charge in [-0.05, 0) is 12.8 Å². The van der Waals surface area contributed by atoms with E-state index in [0.29, 0.717) is 23.8 Å². The van der Waals surface area contributed by atoms with Crippen LogP contribution in [0.5, 0.6) is 17.2 Å². The summed E-state index contributed by atoms with van der Waals surface area (Å²) in [5.74, 6) is 1.42. The Labute approximate surface area is 147 Å². The van der Waals surface area contributed by atoms with Crippen molar-refractivity contribution in [1.29, 1.82) is 0 Å². The van der Waals surface area contributed by atoms with Gasteiger partial charge in [0.1, 0.15) is 17.2 Å². The van der Waals surface area contributed by atoms with Crippen molar-refractivity contribution in [2.24, 2.45) is 0 Å². The lowest BCUT2D eigenvalue weighted by Crippen LogP contribution is -2.29. The zero-order valence-corrected chi connectivity index (χ0v) is 14.9. The second kappa shape index (κ2) is 10.1. The fourth-order valence-electron chi connectivity index (χ4n) is 2.45. The number of carbonyl (C=O) groups excluding carboxylic acids is 1. The van der Waals surface area contributed by atoms with Gasteiger partial charge in [0.25, 0.3) is 5.91 Å². The summed E-state index contributed by atoms with van der Waals surface area (Å²) in [7, 11) is 4.68. The molecular weight excluding hydrogens is 328 g/mol. The molecule has 0 aliphatic carbocycles. The van der Waals surface area contributed by atoms with Gasteiger partial charge in [-0.2, -0.15) is 5.48 Å². The van der Waals surface area contributed by atoms with Gasteiger partial charge in [-0.3, -0.25) is 9.63 Å². The molecular formula is C17H26N2O6. The lowest BCUT2D eigenvalue weighted by atomic mass is 10.1. The van der Waals surface area contributed by atoms with E-state index in [4.69, 9.17) is 23.8 Å². The summed E-state index contributed by atoms with van der Waals surface area (Å²) < 4.78 is 21.8. The molecule has 1 aromatic carbocycles. The van der Waals surface area contributed by atoms with Crippen molar-refractivity contribution < 1.29 is 28.6 Å². The first-order chi connectivity index (χ1) is 12.2. The molecule has 2 rings (SSSR count). The van der Waals surface area contributed by atoms with Gasteiger partial charge in [0, 0.05) is 32.2 Å². The highest BCUT2D eigenvalue weighted by molar-refractivity contribution is 5.77. The number of likely N-dealkylation sites (N-methyl/N-ethyl adjacent to an activating group) is 1. The molecule has 8 heteroatoms. The molecule has 0 radical (unpaired) electrons. The maximum atomic E-state index is 11.3. The molecule has 1 unspecified atom stereocenters. The number of ether oxygens (including phenoxy) is 4. The first-order valence-electron chi connectivity index (χ1n) is 8.26. The maximum absolute atomic E-state index is 11.3. The summed E-state index contributed by atoms with van der Waals surface area (Å²) in [4.78, 5) is 16.9. The van der Waals surface area contributed by atoms with E-state index in [0.717, 1.165) is 31.4 Å². The second-order valence-corrected chi connectivity index (χ2v) is 5.50. The van der Waals surface area contributed by atoms with E-state index in [1.807, 2.05) is 0 Å². The maximum Gasteiger partial charge on any atom is 0.257 e. The van der Waals surface area contributed by atoms with Crippen molar-refractivity contribution in [3.8, 4) is 17.2 Å². The Balaban J connectivity index is 2.01. The molecule has 1 fully saturated rings. The van der Waals surface area contributed by atoms with E-state index in [1.54, 1.807) is 33.4 Å². The highest BCUT2D eigenvalue weighted by atomic mass is 16.8. The minimum absolute atomic E-state index is 0.0808. The first kappa shape index (κ1) is 19.3. The van der Waals surface area contributed by atoms with Crippen LogP contribution in [-0.4, -0.2) is 46.7 Å². The van der Waals surface area contributed by atoms with Crippen LogP contribution in [0.4, 0.5) is 0 Å². The number of amides is 1. The predicted octanol–water partition coefficient (Wildman–Crippen LogP) is 1.38. The SMILES string of the molecule is CNC(=O)COc1cc(OC)c(CNOC2CCCCO2)c(OC)c1. The Hall–Kier alpha value is -2.03. The molecule has 1 atom stereocenters. The second-order valence-electron chi connectivity index (χ2n) is 5.50. The minimum Gasteiger partial charge on any atom is -0.496 e. The summed E-state index contributed by atoms with van der Waals surface area (Å²) in [6.07, 6.45) is 2.80. The molecule has 2 N–H and O–H groups in total. The molecule has 0 bridgehead atoms. The number of rotatable bonds is 9. The average Bonchev–Trinajstić information content (AvgIpc) is 2.67. The molecule has 0 saturated carbocycles. The summed E-state index contributed by atoms with van der Waals surface area (Å²) in [6.45, 7) is 1.01. The molecule has 1 aliphatic rings. The lowest BCUT2D eigenvalue weighted by molar-refractivity contribution is -0.198. The molecule has 140 valence electrons. The highest BCUT2D eigenvalue weighted by Crippen LogP contribution is 2.34. The third-order valence-corrected chi connectivity index (χ3v) is 3.83. The number of benzene rings is 1. The number of hydrogen-bond acceptors (Lipinski definition) is 7. The van der Waals surface area contributed by atoms with Crippen molar-refractivity contribution in [1.82, 2.24) is 10.8 Å². The molecule has 1 aliphatic heterocycles. The smallest absolute Gasteiger partial charge is 0.257 e. The number of hydroxylamine groups is 1. The molecule has 1 saturated heterocycles. The zero-order valence-electron chi connectivity index (χ0n) is 14.9. The summed E-state index contributed by atoms with van der Waals surface area (Å²) in [6, 6.07) is 3.42. The van der Waals surface area contributed by atoms with Gasteiger partial charge >= 0.3 is 0 Å². The Morgan fingerprint density at radius 3 is 2.52 bits per heavy atom. The van der Waals surface area contributed by atoms with Gasteiger partial charge in [0.15, 0.2) is 12.9 Å². The van der Waals surface area contributed by atoms with Crippen LogP contribution in [0, 0.1) is 0 Å². The Kier molecular flexibility index (Phi) is 7.77. The Morgan fingerprint density at radius 1 is 1.24 bits per heavy atom. The molecule has 1 heterocycles. The number of nitrogens with one attached hydrogen (secondary N) is 2. The van der Waals surface area contributed by atoms with Crippen LogP contribution in [0.1, 0.15) is 24.8 Å². The van der Waals surface area contributed by atoms with Crippen LogP contribution in [-0.2, 0) is 20.9 Å². The third-order valence-electron chi connectivity index (χ3n) is 3.83. The van der Waals surface area contributed by atoms with Crippen LogP contribution in [0.25, 0.3) is 0 Å². The molecule has 1 amide bonds. The number of carbonyl (C=O) groups is 1. The Morgan fingerprint density at radius 2 is 1.96 bits per heavy atom. The third kappa shape index (κ3) is 5.77. The minimum atomic E-state index is -0.235. The molecule has 8 nitrogen and oxygen atoms in total. The fourth-order valence-corrected chi connectivity index (χ4v) is 2.45. The van der Waals surface area contributed by atoms with Crippen LogP contribution in [0.15, 0.2) is 12.1 Å². The monoisotopic (exact) mass is 354 g/mol. The standard InChI is InChI=1S/C17H26N2O6/c1-18-16(20)11-24-12-8-14(21-2)13(15(9-12)22-3)10-19-25-17-6-4-5-7-23-17/h8-9,17,19H,4-7,10-11H2,1-3H3,(H,18,20). The van der Waals surface area contributed by atoms with E-state index in [1.165, 1.54) is 0 Å². The van der Waals surface area contributed by atoms with E-state index >= 15 is 0 Å². The zero-order chi connectivity index (χ0) is 18.1. The van der Waals surface area contributed by atoms with Crippen molar-refractivity contribution >= 4 is 5.91 Å². The van der Waals surface area contributed by atoms with Gasteiger partial charge in [-0.15, -0.1) is 0 Å². The quantitative estimate of drug-likeness (QED) is 0.648. The van der Waals surface area contributed by atoms with E-state index in [9.17, 15) is 4.79 Å². The van der Waals surface area contributed by atoms with E-state index in [2.05, 4.69) is 10.8 Å². The fraction of sp³-hybridized carbons (Fsp3) is 0.588. The van der Waals surface area contributed by atoms with Gasteiger partial charge in [-0.25, -0.2) is 0 Å². The molecule has 25 heavy (non-hydrogen) atoms. The van der Waals surface area contributed by atoms with Gasteiger partial charge in [-0.1, -0.05) is 0 Å². The topological polar surface area (TPSA) is 87.3 Å². The van der Waals surface area contributed by atoms with Crippen molar-refractivity contribution in [2.45, 2.75) is 32.1 Å². The summed E-state index contributed by atoms with van der Waals surface area (Å²) >= 11 is 0. The number of methoxy groups -OCH3 is 2. The highest BCUT2D eigenvalue weighted by Gasteiger charge is 2.17. The lowest BCUT2D eigenvalue weighted by Gasteiger charge is -2.23. The van der Waals surface area contributed by atoms with Crippen LogP contribution >= 0.6 is 0 Å². The summed E-state index contributed by atoms with van der Waals surface area (Å²) in [5, 5.41) is 2.50. The van der Waals surface area contributed by atoms with Crippen molar-refractivity contribution in [2.75, 3.05) is 34.5 Å². The Bertz CT molecular complexity index is 535. The first-order valence-corrected chi connectivity index (χ1v) is 8.26. The van der Waals surface area contributed by atoms with Gasteiger partial charge < -0.3 is 24.3 Å². The van der Waals surface area contributed by atoms with Gasteiger partial charge in [0.2, 0.25) is 0 Å². The van der Waals surface area contributed by atoms with E-state index in [-0.39, 0.29) is 18.8 Å². The molecule has 0 aromatic heterocycles. The normalized spacial score (nSPS) is 17.0. The van der Waals surface area contributed by atoms with Crippen LogP contribution in [0.3, 0.4) is 0 Å². The predicted molar refractivity (Wildman–Crippen MR) is 90.6 cm³/mol. The van der Waals surface area contributed by atoms with Crippen LogP contribution < -0.4 is 25.0 Å². The van der Waals surface area contributed by atoms with Crippen LogP contribution in [0.2, 0.25) is 0 Å². The van der Waals surface area contributed by atoms with Crippen molar-refractivity contribution in [3.63, 3.8) is 0 Å². The average molecular weight is 354 g/mol. The summed E-state index contributed by atoms with van der Waals surface area (Å²) in [5.41, 5.74) is 3.70. The molecule has 1 aromatic rings. The van der Waals surface area contributed by atoms with Crippen molar-refractivity contribution in [3.05, 3.63) is 17.7 Å². The number of hydrogen-bond donors (Lipinski definition) is 2.